The number of para-hydroxylation sites is 2. The zero-order valence-corrected chi connectivity index (χ0v) is 15.5. The van der Waals surface area contributed by atoms with E-state index in [4.69, 9.17) is 9.47 Å². The molecular formula is C20H19N3O5. The fourth-order valence-electron chi connectivity index (χ4n) is 2.77. The molecule has 2 aromatic carbocycles. The van der Waals surface area contributed by atoms with Crippen LogP contribution in [0.5, 0.6) is 11.5 Å². The lowest BCUT2D eigenvalue weighted by Crippen LogP contribution is -2.16. The van der Waals surface area contributed by atoms with Crippen LogP contribution in [0.3, 0.4) is 0 Å². The Labute approximate surface area is 161 Å². The van der Waals surface area contributed by atoms with Gasteiger partial charge in [0.25, 0.3) is 0 Å². The number of carbonyl (C=O) groups excluding carboxylic acids is 1. The summed E-state index contributed by atoms with van der Waals surface area (Å²) in [5, 5.41) is 15.1. The van der Waals surface area contributed by atoms with Crippen LogP contribution in [0, 0.1) is 24.0 Å². The second kappa shape index (κ2) is 8.34. The monoisotopic (exact) mass is 381 g/mol. The number of aromatic nitrogens is 2. The first kappa shape index (κ1) is 19.1. The van der Waals surface area contributed by atoms with Crippen LogP contribution in [0.25, 0.3) is 0 Å². The van der Waals surface area contributed by atoms with E-state index < -0.39 is 10.9 Å². The van der Waals surface area contributed by atoms with Crippen molar-refractivity contribution in [1.29, 1.82) is 0 Å². The van der Waals surface area contributed by atoms with Gasteiger partial charge in [-0.25, -0.2) is 0 Å². The molecule has 0 amide bonds. The molecule has 144 valence electrons. The summed E-state index contributed by atoms with van der Waals surface area (Å²) < 4.78 is 12.4. The third-order valence-electron chi connectivity index (χ3n) is 4.14. The zero-order chi connectivity index (χ0) is 20.1. The molecule has 0 aliphatic heterocycles. The van der Waals surface area contributed by atoms with Crippen LogP contribution < -0.4 is 4.74 Å². The maximum Gasteiger partial charge on any atom is 0.328 e. The SMILES string of the molecule is Cc1nn(CC(=O)OCc2ccccc2Oc2ccccc2)c(C)c1[N+](=O)[O-]. The van der Waals surface area contributed by atoms with E-state index in [1.54, 1.807) is 19.1 Å². The predicted molar refractivity (Wildman–Crippen MR) is 101 cm³/mol. The predicted octanol–water partition coefficient (Wildman–Crippen LogP) is 3.94. The lowest BCUT2D eigenvalue weighted by atomic mass is 10.2. The quantitative estimate of drug-likeness (QED) is 0.349. The number of hydrogen-bond donors (Lipinski definition) is 0. The third-order valence-corrected chi connectivity index (χ3v) is 4.14. The number of hydrogen-bond acceptors (Lipinski definition) is 6. The molecule has 0 saturated heterocycles. The fraction of sp³-hybridized carbons (Fsp3) is 0.200. The Morgan fingerprint density at radius 2 is 1.79 bits per heavy atom. The van der Waals surface area contributed by atoms with Crippen molar-refractivity contribution in [2.75, 3.05) is 0 Å². The number of esters is 1. The summed E-state index contributed by atoms with van der Waals surface area (Å²) in [6.45, 7) is 2.89. The first-order chi connectivity index (χ1) is 13.5. The molecule has 8 nitrogen and oxygen atoms in total. The number of nitro groups is 1. The zero-order valence-electron chi connectivity index (χ0n) is 15.5. The van der Waals surface area contributed by atoms with E-state index in [1.807, 2.05) is 42.5 Å². The normalized spacial score (nSPS) is 10.5. The molecule has 0 radical (unpaired) electrons. The van der Waals surface area contributed by atoms with Crippen molar-refractivity contribution in [2.24, 2.45) is 0 Å². The minimum absolute atomic E-state index is 0.0171. The maximum absolute atomic E-state index is 12.2. The van der Waals surface area contributed by atoms with Crippen molar-refractivity contribution in [3.05, 3.63) is 81.7 Å². The lowest BCUT2D eigenvalue weighted by Gasteiger charge is -2.12. The van der Waals surface area contributed by atoms with Crippen LogP contribution in [0.1, 0.15) is 17.0 Å². The van der Waals surface area contributed by atoms with E-state index >= 15 is 0 Å². The van der Waals surface area contributed by atoms with Crippen molar-refractivity contribution >= 4 is 11.7 Å². The molecule has 3 rings (SSSR count). The highest BCUT2D eigenvalue weighted by Gasteiger charge is 2.23. The van der Waals surface area contributed by atoms with Crippen LogP contribution in [0.15, 0.2) is 54.6 Å². The Morgan fingerprint density at radius 3 is 2.46 bits per heavy atom. The van der Waals surface area contributed by atoms with Crippen molar-refractivity contribution in [2.45, 2.75) is 27.0 Å². The highest BCUT2D eigenvalue weighted by atomic mass is 16.6. The van der Waals surface area contributed by atoms with E-state index in [0.29, 0.717) is 22.8 Å². The standard InChI is InChI=1S/C20H19N3O5/c1-14-20(23(25)26)15(2)22(21-14)12-19(24)27-13-16-8-6-7-11-18(16)28-17-9-4-3-5-10-17/h3-11H,12-13H2,1-2H3. The summed E-state index contributed by atoms with van der Waals surface area (Å²) in [6, 6.07) is 16.5. The molecule has 0 saturated carbocycles. The molecule has 0 atom stereocenters. The van der Waals surface area contributed by atoms with Crippen LogP contribution in [0.2, 0.25) is 0 Å². The lowest BCUT2D eigenvalue weighted by molar-refractivity contribution is -0.386. The van der Waals surface area contributed by atoms with Gasteiger partial charge in [0, 0.05) is 5.56 Å². The first-order valence-corrected chi connectivity index (χ1v) is 8.60. The Morgan fingerprint density at radius 1 is 1.11 bits per heavy atom. The van der Waals surface area contributed by atoms with Crippen molar-refractivity contribution in [3.8, 4) is 11.5 Å². The van der Waals surface area contributed by atoms with E-state index in [1.165, 1.54) is 11.6 Å². The second-order valence-electron chi connectivity index (χ2n) is 6.12. The van der Waals surface area contributed by atoms with Gasteiger partial charge >= 0.3 is 11.7 Å². The van der Waals surface area contributed by atoms with Gasteiger partial charge in [-0.1, -0.05) is 36.4 Å². The van der Waals surface area contributed by atoms with Crippen molar-refractivity contribution in [3.63, 3.8) is 0 Å². The number of benzene rings is 2. The van der Waals surface area contributed by atoms with Gasteiger partial charge in [0.2, 0.25) is 0 Å². The summed E-state index contributed by atoms with van der Waals surface area (Å²) in [6.07, 6.45) is 0. The number of aryl methyl sites for hydroxylation is 1. The number of rotatable bonds is 7. The van der Waals surface area contributed by atoms with E-state index in [-0.39, 0.29) is 24.5 Å². The molecule has 28 heavy (non-hydrogen) atoms. The third kappa shape index (κ3) is 4.35. The van der Waals surface area contributed by atoms with Gasteiger partial charge in [-0.05, 0) is 32.0 Å². The van der Waals surface area contributed by atoms with Gasteiger partial charge in [0.15, 0.2) is 0 Å². The molecule has 8 heteroatoms. The second-order valence-corrected chi connectivity index (χ2v) is 6.12. The summed E-state index contributed by atoms with van der Waals surface area (Å²) >= 11 is 0. The van der Waals surface area contributed by atoms with Gasteiger partial charge in [-0.2, -0.15) is 5.10 Å². The summed E-state index contributed by atoms with van der Waals surface area (Å²) in [5.74, 6) is 0.717. The minimum atomic E-state index is -0.546. The summed E-state index contributed by atoms with van der Waals surface area (Å²) in [5.41, 5.74) is 1.19. The Kier molecular flexibility index (Phi) is 5.69. The van der Waals surface area contributed by atoms with Gasteiger partial charge in [0.05, 0.1) is 4.92 Å². The highest BCUT2D eigenvalue weighted by Crippen LogP contribution is 2.26. The van der Waals surface area contributed by atoms with Crippen LogP contribution >= 0.6 is 0 Å². The Hall–Kier alpha value is -3.68. The van der Waals surface area contributed by atoms with E-state index in [9.17, 15) is 14.9 Å². The molecule has 1 aromatic heterocycles. The molecule has 0 unspecified atom stereocenters. The smallest absolute Gasteiger partial charge is 0.328 e. The van der Waals surface area contributed by atoms with Crippen LogP contribution in [-0.2, 0) is 22.7 Å². The topological polar surface area (TPSA) is 96.5 Å². The molecule has 0 fully saturated rings. The fourth-order valence-corrected chi connectivity index (χ4v) is 2.77. The Balaban J connectivity index is 1.66. The largest absolute Gasteiger partial charge is 0.459 e. The highest BCUT2D eigenvalue weighted by molar-refractivity contribution is 5.69. The van der Waals surface area contributed by atoms with E-state index in [2.05, 4.69) is 5.10 Å². The molecule has 0 bridgehead atoms. The average molecular weight is 381 g/mol. The van der Waals surface area contributed by atoms with Crippen molar-refractivity contribution in [1.82, 2.24) is 9.78 Å². The molecule has 0 N–H and O–H groups in total. The molecule has 0 aliphatic rings. The van der Waals surface area contributed by atoms with Crippen LogP contribution in [-0.4, -0.2) is 20.7 Å². The minimum Gasteiger partial charge on any atom is -0.459 e. The van der Waals surface area contributed by atoms with Gasteiger partial charge in [0.1, 0.15) is 36.0 Å². The van der Waals surface area contributed by atoms with E-state index in [0.717, 1.165) is 0 Å². The molecular weight excluding hydrogens is 362 g/mol. The number of carbonyl (C=O) groups is 1. The van der Waals surface area contributed by atoms with Gasteiger partial charge in [-0.15, -0.1) is 0 Å². The molecule has 3 aromatic rings. The van der Waals surface area contributed by atoms with Crippen molar-refractivity contribution < 1.29 is 19.2 Å². The average Bonchev–Trinajstić information content (AvgIpc) is 2.95. The van der Waals surface area contributed by atoms with Gasteiger partial charge < -0.3 is 9.47 Å². The Bertz CT molecular complexity index is 998. The maximum atomic E-state index is 12.2. The first-order valence-electron chi connectivity index (χ1n) is 8.60. The molecule has 0 aliphatic carbocycles. The summed E-state index contributed by atoms with van der Waals surface area (Å²) in [4.78, 5) is 22.8. The molecule has 0 spiro atoms. The number of ether oxygens (including phenoxy) is 2. The van der Waals surface area contributed by atoms with Crippen LogP contribution in [0.4, 0.5) is 5.69 Å². The van der Waals surface area contributed by atoms with Gasteiger partial charge in [-0.3, -0.25) is 19.6 Å². The summed E-state index contributed by atoms with van der Waals surface area (Å²) in [7, 11) is 0. The molecule has 1 heterocycles. The number of nitrogens with zero attached hydrogens (tertiary/aromatic N) is 3.